The third-order valence-electron chi connectivity index (χ3n) is 3.97. The third kappa shape index (κ3) is 3.40. The molecule has 0 saturated carbocycles. The summed E-state index contributed by atoms with van der Waals surface area (Å²) in [5.41, 5.74) is 1.57. The number of aromatic nitrogens is 1. The Labute approximate surface area is 140 Å². The van der Waals surface area contributed by atoms with Crippen molar-refractivity contribution >= 4 is 23.2 Å². The summed E-state index contributed by atoms with van der Waals surface area (Å²) in [5.74, 6) is 0.775. The maximum absolute atomic E-state index is 12.5. The summed E-state index contributed by atoms with van der Waals surface area (Å²) in [7, 11) is 1.66. The summed E-state index contributed by atoms with van der Waals surface area (Å²) < 4.78 is 5.26. The molecule has 0 atom stereocenters. The molecule has 0 aliphatic carbocycles. The van der Waals surface area contributed by atoms with E-state index < -0.39 is 0 Å². The largest absolute Gasteiger partial charge is 0.497 e. The minimum atomic E-state index is -0.0617. The Bertz CT molecular complexity index is 700. The molecule has 1 aliphatic rings. The number of carbonyl (C=O) groups is 1. The Morgan fingerprint density at radius 3 is 2.65 bits per heavy atom. The van der Waals surface area contributed by atoms with Crippen molar-refractivity contribution in [3.63, 3.8) is 0 Å². The third-order valence-corrected chi connectivity index (χ3v) is 4.28. The highest BCUT2D eigenvalue weighted by molar-refractivity contribution is 6.32. The van der Waals surface area contributed by atoms with E-state index in [2.05, 4.69) is 16.0 Å². The number of nitrogens with zero attached hydrogens (tertiary/aromatic N) is 3. The molecule has 1 aromatic heterocycles. The van der Waals surface area contributed by atoms with Gasteiger partial charge in [-0.3, -0.25) is 4.79 Å². The van der Waals surface area contributed by atoms with E-state index in [9.17, 15) is 4.79 Å². The lowest BCUT2D eigenvalue weighted by atomic mass is 10.2. The minimum absolute atomic E-state index is 0.0617. The zero-order chi connectivity index (χ0) is 16.2. The monoisotopic (exact) mass is 331 g/mol. The van der Waals surface area contributed by atoms with Gasteiger partial charge in [0.1, 0.15) is 10.9 Å². The molecule has 1 aromatic carbocycles. The van der Waals surface area contributed by atoms with Crippen LogP contribution in [-0.4, -0.2) is 49.1 Å². The first-order chi connectivity index (χ1) is 11.2. The van der Waals surface area contributed by atoms with E-state index >= 15 is 0 Å². The summed E-state index contributed by atoms with van der Waals surface area (Å²) in [5, 5.41) is 0.257. The molecule has 1 aliphatic heterocycles. The lowest BCUT2D eigenvalue weighted by Crippen LogP contribution is -2.48. The molecular formula is C17H18ClN3O2. The molecule has 23 heavy (non-hydrogen) atoms. The highest BCUT2D eigenvalue weighted by atomic mass is 35.5. The number of rotatable bonds is 3. The van der Waals surface area contributed by atoms with Gasteiger partial charge in [-0.25, -0.2) is 4.98 Å². The smallest absolute Gasteiger partial charge is 0.257 e. The summed E-state index contributed by atoms with van der Waals surface area (Å²) in [6.07, 6.45) is 1.58. The van der Waals surface area contributed by atoms with Gasteiger partial charge in [-0.05, 0) is 24.3 Å². The number of anilines is 1. The van der Waals surface area contributed by atoms with Crippen molar-refractivity contribution in [2.24, 2.45) is 0 Å². The number of carbonyl (C=O) groups excluding carboxylic acids is 1. The van der Waals surface area contributed by atoms with Gasteiger partial charge in [0.05, 0.1) is 12.7 Å². The standard InChI is InChI=1S/C17H18ClN3O2/c1-23-14-5-2-4-13(12-14)20-8-10-21(11-9-20)17(22)15-6-3-7-19-16(15)18/h2-7,12H,8-11H2,1H3. The lowest BCUT2D eigenvalue weighted by molar-refractivity contribution is 0.0746. The molecule has 0 bridgehead atoms. The predicted octanol–water partition coefficient (Wildman–Crippen LogP) is 2.71. The van der Waals surface area contributed by atoms with E-state index in [-0.39, 0.29) is 11.1 Å². The highest BCUT2D eigenvalue weighted by Crippen LogP contribution is 2.23. The second-order valence-corrected chi connectivity index (χ2v) is 5.68. The first-order valence-electron chi connectivity index (χ1n) is 7.48. The lowest BCUT2D eigenvalue weighted by Gasteiger charge is -2.36. The molecule has 0 spiro atoms. The van der Waals surface area contributed by atoms with Crippen LogP contribution in [0.15, 0.2) is 42.6 Å². The Balaban J connectivity index is 1.66. The number of halogens is 1. The van der Waals surface area contributed by atoms with E-state index in [0.717, 1.165) is 24.5 Å². The number of benzene rings is 1. The van der Waals surface area contributed by atoms with E-state index in [4.69, 9.17) is 16.3 Å². The number of hydrogen-bond acceptors (Lipinski definition) is 4. The summed E-state index contributed by atoms with van der Waals surface area (Å²) in [6.45, 7) is 2.86. The predicted molar refractivity (Wildman–Crippen MR) is 90.4 cm³/mol. The number of ether oxygens (including phenoxy) is 1. The van der Waals surface area contributed by atoms with Gasteiger partial charge in [-0.1, -0.05) is 17.7 Å². The molecule has 3 rings (SSSR count). The van der Waals surface area contributed by atoms with Crippen molar-refractivity contribution in [3.8, 4) is 5.75 Å². The molecule has 2 heterocycles. The Kier molecular flexibility index (Phi) is 4.67. The maximum Gasteiger partial charge on any atom is 0.257 e. The van der Waals surface area contributed by atoms with Gasteiger partial charge in [-0.2, -0.15) is 0 Å². The molecule has 1 amide bonds. The van der Waals surface area contributed by atoms with Crippen LogP contribution in [0, 0.1) is 0 Å². The molecule has 120 valence electrons. The fraction of sp³-hybridized carbons (Fsp3) is 0.294. The van der Waals surface area contributed by atoms with Gasteiger partial charge in [0, 0.05) is 44.1 Å². The molecule has 1 fully saturated rings. The summed E-state index contributed by atoms with van der Waals surface area (Å²) in [6, 6.07) is 11.4. The van der Waals surface area contributed by atoms with Crippen molar-refractivity contribution in [3.05, 3.63) is 53.3 Å². The number of amides is 1. The molecule has 2 aromatic rings. The summed E-state index contributed by atoms with van der Waals surface area (Å²) in [4.78, 5) is 20.6. The second-order valence-electron chi connectivity index (χ2n) is 5.32. The molecule has 0 unspecified atom stereocenters. The van der Waals surface area contributed by atoms with Crippen LogP contribution in [0.25, 0.3) is 0 Å². The van der Waals surface area contributed by atoms with Gasteiger partial charge in [0.15, 0.2) is 0 Å². The highest BCUT2D eigenvalue weighted by Gasteiger charge is 2.24. The quantitative estimate of drug-likeness (QED) is 0.811. The van der Waals surface area contributed by atoms with Crippen LogP contribution in [0.3, 0.4) is 0 Å². The first-order valence-corrected chi connectivity index (χ1v) is 7.85. The van der Waals surface area contributed by atoms with Crippen LogP contribution in [-0.2, 0) is 0 Å². The van der Waals surface area contributed by atoms with Crippen molar-refractivity contribution in [2.45, 2.75) is 0 Å². The van der Waals surface area contributed by atoms with Crippen molar-refractivity contribution in [1.29, 1.82) is 0 Å². The SMILES string of the molecule is COc1cccc(N2CCN(C(=O)c3cccnc3Cl)CC2)c1. The maximum atomic E-state index is 12.5. The zero-order valence-electron chi connectivity index (χ0n) is 12.9. The molecule has 0 N–H and O–H groups in total. The van der Waals surface area contributed by atoms with Gasteiger partial charge in [-0.15, -0.1) is 0 Å². The fourth-order valence-corrected chi connectivity index (χ4v) is 2.89. The van der Waals surface area contributed by atoms with Crippen LogP contribution >= 0.6 is 11.6 Å². The van der Waals surface area contributed by atoms with Gasteiger partial charge >= 0.3 is 0 Å². The Morgan fingerprint density at radius 1 is 1.17 bits per heavy atom. The number of hydrogen-bond donors (Lipinski definition) is 0. The Hall–Kier alpha value is -2.27. The van der Waals surface area contributed by atoms with Crippen LogP contribution < -0.4 is 9.64 Å². The normalized spacial score (nSPS) is 14.7. The number of pyridine rings is 1. The summed E-state index contributed by atoms with van der Waals surface area (Å²) >= 11 is 6.01. The number of methoxy groups -OCH3 is 1. The topological polar surface area (TPSA) is 45.7 Å². The van der Waals surface area contributed by atoms with Crippen LogP contribution in [0.4, 0.5) is 5.69 Å². The minimum Gasteiger partial charge on any atom is -0.497 e. The van der Waals surface area contributed by atoms with Gasteiger partial charge < -0.3 is 14.5 Å². The van der Waals surface area contributed by atoms with Crippen LogP contribution in [0.5, 0.6) is 5.75 Å². The van der Waals surface area contributed by atoms with Gasteiger partial charge in [0.2, 0.25) is 0 Å². The van der Waals surface area contributed by atoms with E-state index in [1.54, 1.807) is 25.4 Å². The molecule has 1 saturated heterocycles. The van der Waals surface area contributed by atoms with E-state index in [1.165, 1.54) is 0 Å². The zero-order valence-corrected chi connectivity index (χ0v) is 13.7. The molecular weight excluding hydrogens is 314 g/mol. The van der Waals surface area contributed by atoms with Crippen LogP contribution in [0.1, 0.15) is 10.4 Å². The Morgan fingerprint density at radius 2 is 1.96 bits per heavy atom. The van der Waals surface area contributed by atoms with E-state index in [0.29, 0.717) is 18.7 Å². The fourth-order valence-electron chi connectivity index (χ4n) is 2.69. The van der Waals surface area contributed by atoms with Crippen molar-refractivity contribution < 1.29 is 9.53 Å². The van der Waals surface area contributed by atoms with E-state index in [1.807, 2.05) is 23.1 Å². The van der Waals surface area contributed by atoms with Crippen molar-refractivity contribution in [2.75, 3.05) is 38.2 Å². The van der Waals surface area contributed by atoms with Crippen LogP contribution in [0.2, 0.25) is 5.15 Å². The van der Waals surface area contributed by atoms with Crippen molar-refractivity contribution in [1.82, 2.24) is 9.88 Å². The number of piperazine rings is 1. The molecule has 6 heteroatoms. The van der Waals surface area contributed by atoms with Gasteiger partial charge in [0.25, 0.3) is 5.91 Å². The second kappa shape index (κ2) is 6.87. The molecule has 5 nitrogen and oxygen atoms in total. The first kappa shape index (κ1) is 15.6. The average molecular weight is 332 g/mol. The average Bonchev–Trinajstić information content (AvgIpc) is 2.62. The molecule has 0 radical (unpaired) electrons.